The molecule has 1 aliphatic carbocycles. The molecule has 0 saturated carbocycles. The molecular weight excluding hydrogens is 510 g/mol. The number of halogens is 1. The largest absolute Gasteiger partial charge is 0.391 e. The molecule has 2 aromatic rings. The molecule has 0 aromatic heterocycles. The summed E-state index contributed by atoms with van der Waals surface area (Å²) in [5.74, 6) is -1.13. The molecule has 2 aromatic carbocycles. The van der Waals surface area contributed by atoms with E-state index in [2.05, 4.69) is 5.32 Å². The summed E-state index contributed by atoms with van der Waals surface area (Å²) >= 11 is 5.99. The van der Waals surface area contributed by atoms with E-state index in [4.69, 9.17) is 17.3 Å². The van der Waals surface area contributed by atoms with Crippen LogP contribution in [0.4, 0.5) is 0 Å². The SMILES string of the molecule is CCCN(CCC)C(=O)C1=CC=CC(C(N)=O)([C@H](Cc2ccccc2)[C@@H](O)CNCCc2ccc(Cl)cc2)C1. The van der Waals surface area contributed by atoms with Crippen LogP contribution in [-0.4, -0.2) is 54.1 Å². The first-order valence-corrected chi connectivity index (χ1v) is 14.3. The van der Waals surface area contributed by atoms with Crippen molar-refractivity contribution < 1.29 is 14.7 Å². The van der Waals surface area contributed by atoms with E-state index in [0.29, 0.717) is 43.2 Å². The van der Waals surface area contributed by atoms with E-state index in [9.17, 15) is 14.7 Å². The Hall–Kier alpha value is -2.93. The summed E-state index contributed by atoms with van der Waals surface area (Å²) < 4.78 is 0. The zero-order valence-electron chi connectivity index (χ0n) is 23.1. The third-order valence-corrected chi connectivity index (χ3v) is 7.72. The summed E-state index contributed by atoms with van der Waals surface area (Å²) in [6.45, 7) is 6.35. The van der Waals surface area contributed by atoms with Crippen molar-refractivity contribution >= 4 is 23.4 Å². The first-order chi connectivity index (χ1) is 18.8. The molecule has 3 rings (SSSR count). The third kappa shape index (κ3) is 8.28. The first-order valence-electron chi connectivity index (χ1n) is 14.0. The van der Waals surface area contributed by atoms with Gasteiger partial charge in [-0.15, -0.1) is 0 Å². The number of hydrogen-bond donors (Lipinski definition) is 3. The Bertz CT molecular complexity index is 1130. The predicted molar refractivity (Wildman–Crippen MR) is 158 cm³/mol. The second-order valence-corrected chi connectivity index (χ2v) is 10.8. The van der Waals surface area contributed by atoms with E-state index in [1.807, 2.05) is 73.3 Å². The average molecular weight is 552 g/mol. The number of benzene rings is 2. The Morgan fingerprint density at radius 2 is 1.72 bits per heavy atom. The third-order valence-electron chi connectivity index (χ3n) is 7.46. The van der Waals surface area contributed by atoms with Crippen LogP contribution in [0.2, 0.25) is 5.02 Å². The van der Waals surface area contributed by atoms with Crippen LogP contribution in [-0.2, 0) is 22.4 Å². The van der Waals surface area contributed by atoms with Crippen LogP contribution in [0.1, 0.15) is 44.2 Å². The normalized spacial score (nSPS) is 18.3. The Balaban J connectivity index is 1.82. The smallest absolute Gasteiger partial charge is 0.249 e. The van der Waals surface area contributed by atoms with Crippen molar-refractivity contribution in [2.24, 2.45) is 17.1 Å². The fourth-order valence-electron chi connectivity index (χ4n) is 5.39. The number of hydrogen-bond acceptors (Lipinski definition) is 4. The van der Waals surface area contributed by atoms with E-state index in [-0.39, 0.29) is 12.3 Å². The number of nitrogens with two attached hydrogens (primary N) is 1. The second kappa shape index (κ2) is 15.0. The summed E-state index contributed by atoms with van der Waals surface area (Å²) in [6, 6.07) is 17.5. The highest BCUT2D eigenvalue weighted by Gasteiger charge is 2.47. The van der Waals surface area contributed by atoms with E-state index in [1.54, 1.807) is 18.2 Å². The van der Waals surface area contributed by atoms with Gasteiger partial charge in [0.05, 0.1) is 11.5 Å². The molecule has 0 spiro atoms. The molecule has 210 valence electrons. The van der Waals surface area contributed by atoms with Crippen LogP contribution in [0.3, 0.4) is 0 Å². The lowest BCUT2D eigenvalue weighted by Crippen LogP contribution is -2.51. The summed E-state index contributed by atoms with van der Waals surface area (Å²) in [7, 11) is 0. The minimum absolute atomic E-state index is 0.0669. The Kier molecular flexibility index (Phi) is 11.8. The fourth-order valence-corrected chi connectivity index (χ4v) is 5.51. The molecule has 0 saturated heterocycles. The van der Waals surface area contributed by atoms with Gasteiger partial charge in [-0.25, -0.2) is 0 Å². The number of rotatable bonds is 15. The minimum atomic E-state index is -1.20. The Labute approximate surface area is 237 Å². The van der Waals surface area contributed by atoms with Gasteiger partial charge >= 0.3 is 0 Å². The number of aliphatic hydroxyl groups excluding tert-OH is 1. The maximum atomic E-state index is 13.5. The number of nitrogens with one attached hydrogen (secondary N) is 1. The lowest BCUT2D eigenvalue weighted by molar-refractivity contribution is -0.132. The van der Waals surface area contributed by atoms with Gasteiger partial charge in [0, 0.05) is 36.1 Å². The lowest BCUT2D eigenvalue weighted by Gasteiger charge is -2.41. The molecule has 0 aliphatic heterocycles. The molecule has 39 heavy (non-hydrogen) atoms. The maximum Gasteiger partial charge on any atom is 0.249 e. The predicted octanol–water partition coefficient (Wildman–Crippen LogP) is 4.70. The van der Waals surface area contributed by atoms with Gasteiger partial charge in [-0.2, -0.15) is 0 Å². The standard InChI is InChI=1S/C32H42ClN3O3/c1-3-19-36(20-4-2)30(38)26-11-8-17-32(22-26,31(34)39)28(21-25-9-6-5-7-10-25)29(37)23-35-18-16-24-12-14-27(33)15-13-24/h5-15,17,28-29,35,37H,3-4,16,18-23H2,1-2H3,(H2,34,39)/t28-,29+,32?/m1/s1. The fraction of sp³-hybridized carbons (Fsp3) is 0.438. The number of primary amides is 1. The van der Waals surface area contributed by atoms with Gasteiger partial charge < -0.3 is 21.1 Å². The van der Waals surface area contributed by atoms with Crippen molar-refractivity contribution in [1.29, 1.82) is 0 Å². The Morgan fingerprint density at radius 1 is 1.05 bits per heavy atom. The zero-order valence-corrected chi connectivity index (χ0v) is 23.9. The zero-order chi connectivity index (χ0) is 28.3. The average Bonchev–Trinajstić information content (AvgIpc) is 2.95. The van der Waals surface area contributed by atoms with Crippen molar-refractivity contribution in [3.63, 3.8) is 0 Å². The highest BCUT2D eigenvalue weighted by Crippen LogP contribution is 2.43. The number of carbonyl (C=O) groups is 2. The van der Waals surface area contributed by atoms with Gasteiger partial charge in [0.2, 0.25) is 11.8 Å². The topological polar surface area (TPSA) is 95.7 Å². The van der Waals surface area contributed by atoms with Crippen LogP contribution in [0.5, 0.6) is 0 Å². The van der Waals surface area contributed by atoms with Crippen LogP contribution in [0.15, 0.2) is 78.4 Å². The van der Waals surface area contributed by atoms with Gasteiger partial charge in [-0.3, -0.25) is 9.59 Å². The number of allylic oxidation sites excluding steroid dienone is 2. The quantitative estimate of drug-likeness (QED) is 0.280. The molecule has 7 heteroatoms. The molecule has 4 N–H and O–H groups in total. The van der Waals surface area contributed by atoms with Crippen molar-refractivity contribution in [2.75, 3.05) is 26.2 Å². The van der Waals surface area contributed by atoms with Crippen LogP contribution < -0.4 is 11.1 Å². The van der Waals surface area contributed by atoms with Gasteiger partial charge in [0.25, 0.3) is 0 Å². The monoisotopic (exact) mass is 551 g/mol. The number of amides is 2. The van der Waals surface area contributed by atoms with Gasteiger partial charge in [0.15, 0.2) is 0 Å². The molecule has 0 bridgehead atoms. The molecule has 6 nitrogen and oxygen atoms in total. The highest BCUT2D eigenvalue weighted by atomic mass is 35.5. The summed E-state index contributed by atoms with van der Waals surface area (Å²) in [5, 5.41) is 15.6. The molecular formula is C32H42ClN3O3. The van der Waals surface area contributed by atoms with Crippen molar-refractivity contribution in [3.8, 4) is 0 Å². The van der Waals surface area contributed by atoms with Crippen LogP contribution in [0.25, 0.3) is 0 Å². The molecule has 1 unspecified atom stereocenters. The van der Waals surface area contributed by atoms with Crippen LogP contribution >= 0.6 is 11.6 Å². The van der Waals surface area contributed by atoms with Gasteiger partial charge in [0.1, 0.15) is 0 Å². The van der Waals surface area contributed by atoms with Crippen LogP contribution in [0, 0.1) is 11.3 Å². The van der Waals surface area contributed by atoms with Gasteiger partial charge in [-0.05, 0) is 61.9 Å². The van der Waals surface area contributed by atoms with E-state index >= 15 is 0 Å². The van der Waals surface area contributed by atoms with Crippen molar-refractivity contribution in [1.82, 2.24) is 10.2 Å². The molecule has 1 aliphatic rings. The van der Waals surface area contributed by atoms with Crippen molar-refractivity contribution in [2.45, 2.75) is 52.1 Å². The highest BCUT2D eigenvalue weighted by molar-refractivity contribution is 6.30. The molecule has 3 atom stereocenters. The van der Waals surface area contributed by atoms with E-state index < -0.39 is 23.3 Å². The van der Waals surface area contributed by atoms with E-state index in [0.717, 1.165) is 30.4 Å². The maximum absolute atomic E-state index is 13.5. The summed E-state index contributed by atoms with van der Waals surface area (Å²) in [6.07, 6.45) is 7.57. The van der Waals surface area contributed by atoms with Gasteiger partial charge in [-0.1, -0.05) is 86.1 Å². The molecule has 0 radical (unpaired) electrons. The minimum Gasteiger partial charge on any atom is -0.391 e. The summed E-state index contributed by atoms with van der Waals surface area (Å²) in [5.41, 5.74) is 7.61. The second-order valence-electron chi connectivity index (χ2n) is 10.4. The number of carbonyl (C=O) groups excluding carboxylic acids is 2. The Morgan fingerprint density at radius 3 is 2.33 bits per heavy atom. The molecule has 2 amide bonds. The van der Waals surface area contributed by atoms with Crippen molar-refractivity contribution in [3.05, 3.63) is 94.5 Å². The number of aliphatic hydroxyl groups is 1. The first kappa shape index (κ1) is 30.6. The molecule has 0 heterocycles. The summed E-state index contributed by atoms with van der Waals surface area (Å²) in [4.78, 5) is 28.6. The number of nitrogens with zero attached hydrogens (tertiary/aromatic N) is 1. The molecule has 0 fully saturated rings. The van der Waals surface area contributed by atoms with E-state index in [1.165, 1.54) is 0 Å². The lowest BCUT2D eigenvalue weighted by atomic mass is 9.64.